The van der Waals surface area contributed by atoms with E-state index in [1.165, 1.54) is 29.9 Å². The molecule has 0 saturated carbocycles. The highest BCUT2D eigenvalue weighted by Gasteiger charge is 2.45. The Bertz CT molecular complexity index is 1460. The Morgan fingerprint density at radius 3 is 2.71 bits per heavy atom. The van der Waals surface area contributed by atoms with E-state index in [1.54, 1.807) is 19.1 Å². The number of furan rings is 1. The van der Waals surface area contributed by atoms with Crippen molar-refractivity contribution < 1.29 is 31.9 Å². The van der Waals surface area contributed by atoms with Crippen LogP contribution in [0.1, 0.15) is 40.2 Å². The first-order valence-electron chi connectivity index (χ1n) is 11.7. The molecule has 2 aliphatic heterocycles. The van der Waals surface area contributed by atoms with Gasteiger partial charge in [-0.15, -0.1) is 11.3 Å². The highest BCUT2D eigenvalue weighted by Crippen LogP contribution is 2.38. The van der Waals surface area contributed by atoms with Crippen LogP contribution >= 0.6 is 34.7 Å². The minimum atomic E-state index is -3.97. The number of aromatic nitrogens is 2. The number of ketones is 1. The molecule has 5 rings (SSSR count). The lowest BCUT2D eigenvalue weighted by atomic mass is 9.84. The molecule has 0 bridgehead atoms. The second-order valence-corrected chi connectivity index (χ2v) is 13.9. The maximum Gasteiger partial charge on any atom is 0.282 e. The Balaban J connectivity index is 1.44. The van der Waals surface area contributed by atoms with Crippen molar-refractivity contribution >= 4 is 56.6 Å². The molecule has 3 aromatic heterocycles. The summed E-state index contributed by atoms with van der Waals surface area (Å²) in [4.78, 5) is 27.3. The fourth-order valence-corrected chi connectivity index (χ4v) is 8.58. The van der Waals surface area contributed by atoms with Gasteiger partial charge in [0.15, 0.2) is 11.6 Å². The Kier molecular flexibility index (Phi) is 7.84. The molecule has 0 aliphatic carbocycles. The largest absolute Gasteiger partial charge is 0.472 e. The fourth-order valence-electron chi connectivity index (χ4n) is 4.70. The predicted molar refractivity (Wildman–Crippen MR) is 139 cm³/mol. The van der Waals surface area contributed by atoms with Crippen molar-refractivity contribution in [2.24, 2.45) is 5.92 Å². The van der Waals surface area contributed by atoms with E-state index in [1.807, 2.05) is 0 Å². The number of aliphatic hydroxyl groups is 1. The van der Waals surface area contributed by atoms with Crippen LogP contribution in [0.15, 0.2) is 40.2 Å². The van der Waals surface area contributed by atoms with E-state index in [9.17, 15) is 23.1 Å². The summed E-state index contributed by atoms with van der Waals surface area (Å²) in [6.45, 7) is 1.29. The summed E-state index contributed by atoms with van der Waals surface area (Å²) in [5, 5.41) is 14.0. The number of hydrogen-bond acceptors (Lipinski definition) is 9. The van der Waals surface area contributed by atoms with Gasteiger partial charge >= 0.3 is 0 Å². The second kappa shape index (κ2) is 10.8. The number of nitrogens with zero attached hydrogens (tertiary/aromatic N) is 4. The SMILES string of the molecule is CC1CN(S(=O)(=O)N2CCC(O)C2)CC(=O)C1c1nn(C(=O)c2ccoc2)c(SCc2ccc(Cl)s2)c1F. The molecule has 15 heteroatoms. The van der Waals surface area contributed by atoms with Gasteiger partial charge in [0.2, 0.25) is 0 Å². The van der Waals surface area contributed by atoms with Gasteiger partial charge in [-0.05, 0) is 30.5 Å². The van der Waals surface area contributed by atoms with Crippen LogP contribution in [0.3, 0.4) is 0 Å². The first-order valence-corrected chi connectivity index (χ1v) is 15.3. The number of carbonyl (C=O) groups excluding carboxylic acids is 2. The van der Waals surface area contributed by atoms with Crippen LogP contribution in [-0.4, -0.2) is 75.9 Å². The third-order valence-corrected chi connectivity index (χ3v) is 11.0. The first kappa shape index (κ1) is 27.5. The molecule has 0 aromatic carbocycles. The van der Waals surface area contributed by atoms with Gasteiger partial charge in [-0.1, -0.05) is 30.3 Å². The molecule has 1 N–H and O–H groups in total. The lowest BCUT2D eigenvalue weighted by Crippen LogP contribution is -2.52. The number of β-amino-alcohol motifs (C(OH)–C–C–N with tert-alkyl or cyclic N) is 1. The van der Waals surface area contributed by atoms with E-state index >= 15 is 4.39 Å². The lowest BCUT2D eigenvalue weighted by Gasteiger charge is -2.36. The molecule has 2 fully saturated rings. The summed E-state index contributed by atoms with van der Waals surface area (Å²) in [5.41, 5.74) is -0.0344. The molecule has 5 heterocycles. The topological polar surface area (TPSA) is 126 Å². The maximum atomic E-state index is 15.9. The smallest absolute Gasteiger partial charge is 0.282 e. The number of thiophene rings is 1. The molecule has 2 aliphatic rings. The molecule has 10 nitrogen and oxygen atoms in total. The number of thioether (sulfide) groups is 1. The van der Waals surface area contributed by atoms with Gasteiger partial charge in [0.1, 0.15) is 17.0 Å². The van der Waals surface area contributed by atoms with E-state index in [4.69, 9.17) is 16.0 Å². The highest BCUT2D eigenvalue weighted by molar-refractivity contribution is 7.98. The standard InChI is InChI=1S/C23H24ClFN4O6S3/c1-13-8-28(38(33,34)27-6-4-15(30)9-27)10-17(31)19(13)21-20(25)23(36-12-16-2-3-18(24)37-16)29(26-21)22(32)14-5-7-35-11-14/h2-3,5,7,11,13,15,19,30H,4,6,8-10,12H2,1H3. The zero-order valence-electron chi connectivity index (χ0n) is 20.1. The van der Waals surface area contributed by atoms with Crippen LogP contribution in [-0.2, 0) is 20.8 Å². The number of hydrogen-bond donors (Lipinski definition) is 1. The molecule has 3 unspecified atom stereocenters. The molecule has 2 saturated heterocycles. The quantitative estimate of drug-likeness (QED) is 0.409. The summed E-state index contributed by atoms with van der Waals surface area (Å²) in [6, 6.07) is 4.96. The average Bonchev–Trinajstić information content (AvgIpc) is 3.66. The molecule has 0 radical (unpaired) electrons. The fraction of sp³-hybridized carbons (Fsp3) is 0.435. The number of piperidine rings is 1. The van der Waals surface area contributed by atoms with Crippen molar-refractivity contribution in [3.63, 3.8) is 0 Å². The number of halogens is 2. The number of carbonyl (C=O) groups is 2. The van der Waals surface area contributed by atoms with Gasteiger partial charge in [0.25, 0.3) is 16.1 Å². The van der Waals surface area contributed by atoms with E-state index in [2.05, 4.69) is 5.10 Å². The van der Waals surface area contributed by atoms with Gasteiger partial charge in [-0.3, -0.25) is 9.59 Å². The molecule has 38 heavy (non-hydrogen) atoms. The van der Waals surface area contributed by atoms with Gasteiger partial charge < -0.3 is 9.52 Å². The van der Waals surface area contributed by atoms with E-state index in [-0.39, 0.29) is 35.9 Å². The Morgan fingerprint density at radius 2 is 2.11 bits per heavy atom. The highest BCUT2D eigenvalue weighted by atomic mass is 35.5. The van der Waals surface area contributed by atoms with E-state index in [0.717, 1.165) is 29.9 Å². The minimum absolute atomic E-state index is 0.0317. The summed E-state index contributed by atoms with van der Waals surface area (Å²) < 4.78 is 50.8. The minimum Gasteiger partial charge on any atom is -0.472 e. The van der Waals surface area contributed by atoms with Crippen molar-refractivity contribution in [3.05, 3.63) is 57.0 Å². The first-order chi connectivity index (χ1) is 18.1. The van der Waals surface area contributed by atoms with Crippen LogP contribution in [0.2, 0.25) is 4.34 Å². The van der Waals surface area contributed by atoms with Crippen LogP contribution in [0.4, 0.5) is 4.39 Å². The van der Waals surface area contributed by atoms with Crippen LogP contribution in [0.5, 0.6) is 0 Å². The van der Waals surface area contributed by atoms with Gasteiger partial charge in [-0.2, -0.15) is 26.8 Å². The van der Waals surface area contributed by atoms with Crippen molar-refractivity contribution in [3.8, 4) is 0 Å². The average molecular weight is 603 g/mol. The Hall–Kier alpha value is -2.07. The zero-order valence-corrected chi connectivity index (χ0v) is 23.3. The van der Waals surface area contributed by atoms with E-state index in [0.29, 0.717) is 16.5 Å². The molecule has 0 spiro atoms. The molecule has 204 valence electrons. The van der Waals surface area contributed by atoms with Crippen molar-refractivity contribution in [1.82, 2.24) is 18.4 Å². The molecular weight excluding hydrogens is 579 g/mol. The third-order valence-electron chi connectivity index (χ3n) is 6.57. The lowest BCUT2D eigenvalue weighted by molar-refractivity contribution is -0.124. The number of aliphatic hydroxyl groups excluding tert-OH is 1. The van der Waals surface area contributed by atoms with Gasteiger partial charge in [0, 0.05) is 30.3 Å². The van der Waals surface area contributed by atoms with Crippen LogP contribution in [0, 0.1) is 11.7 Å². The summed E-state index contributed by atoms with van der Waals surface area (Å²) in [6.07, 6.45) is 2.12. The van der Waals surface area contributed by atoms with Gasteiger partial charge in [0.05, 0.1) is 34.7 Å². The second-order valence-electron chi connectivity index (χ2n) is 9.25. The zero-order chi connectivity index (χ0) is 27.2. The summed E-state index contributed by atoms with van der Waals surface area (Å²) in [7, 11) is -3.97. The van der Waals surface area contributed by atoms with Crippen molar-refractivity contribution in [2.45, 2.75) is 36.1 Å². The molecule has 3 atom stereocenters. The van der Waals surface area contributed by atoms with Crippen molar-refractivity contribution in [2.75, 3.05) is 26.2 Å². The summed E-state index contributed by atoms with van der Waals surface area (Å²) >= 11 is 8.39. The van der Waals surface area contributed by atoms with E-state index < -0.39 is 52.2 Å². The summed E-state index contributed by atoms with van der Waals surface area (Å²) in [5.74, 6) is -3.27. The molecule has 3 aromatic rings. The Morgan fingerprint density at radius 1 is 1.32 bits per heavy atom. The van der Waals surface area contributed by atoms with Crippen LogP contribution < -0.4 is 0 Å². The van der Waals surface area contributed by atoms with Crippen LogP contribution in [0.25, 0.3) is 0 Å². The predicted octanol–water partition coefficient (Wildman–Crippen LogP) is 3.23. The van der Waals surface area contributed by atoms with Gasteiger partial charge in [-0.25, -0.2) is 4.39 Å². The number of Topliss-reactive ketones (excluding diaryl/α,β-unsaturated/α-hetero) is 1. The maximum absolute atomic E-state index is 15.9. The monoisotopic (exact) mass is 602 g/mol. The Labute approximate surface area is 231 Å². The number of rotatable bonds is 7. The molecular formula is C23H24ClFN4O6S3. The van der Waals surface area contributed by atoms with Crippen molar-refractivity contribution in [1.29, 1.82) is 0 Å². The normalized spacial score (nSPS) is 23.4. The third kappa shape index (κ3) is 5.22. The molecule has 0 amide bonds.